The topological polar surface area (TPSA) is 91.3 Å². The van der Waals surface area contributed by atoms with Gasteiger partial charge in [-0.25, -0.2) is 4.57 Å². The number of carbonyl (C=O) groups excluding carboxylic acids is 1. The molecule has 1 N–H and O–H groups in total. The Balaban J connectivity index is 4.06. The maximum atomic E-state index is 12.8. The van der Waals surface area contributed by atoms with Gasteiger partial charge in [0.15, 0.2) is 0 Å². The first-order chi connectivity index (χ1) is 29.6. The number of hydrogen-bond acceptors (Lipinski definition) is 6. The van der Waals surface area contributed by atoms with Gasteiger partial charge in [-0.2, -0.15) is 0 Å². The third-order valence-corrected chi connectivity index (χ3v) is 13.2. The number of rotatable bonds is 51. The van der Waals surface area contributed by atoms with Crippen LogP contribution in [0.1, 0.15) is 271 Å². The summed E-state index contributed by atoms with van der Waals surface area (Å²) in [6.07, 6.45) is 51.5. The molecule has 0 aliphatic carbocycles. The molecule has 0 heterocycles. The molecular weight excluding hydrogens is 782 g/mol. The second-order valence-corrected chi connectivity index (χ2v) is 21.1. The van der Waals surface area contributed by atoms with Crippen molar-refractivity contribution in [1.29, 1.82) is 0 Å². The minimum Gasteiger partial charge on any atom is -0.457 e. The van der Waals surface area contributed by atoms with Gasteiger partial charge >= 0.3 is 13.8 Å². The number of phosphoric ester groups is 1. The van der Waals surface area contributed by atoms with Crippen LogP contribution in [0.5, 0.6) is 0 Å². The van der Waals surface area contributed by atoms with Gasteiger partial charge in [0.25, 0.3) is 0 Å². The summed E-state index contributed by atoms with van der Waals surface area (Å²) in [5.74, 6) is -0.304. The number of unbranched alkanes of at least 4 members (excludes halogenated alkanes) is 37. The maximum absolute atomic E-state index is 12.8. The van der Waals surface area contributed by atoms with Gasteiger partial charge in [0, 0.05) is 13.0 Å². The van der Waals surface area contributed by atoms with Crippen LogP contribution in [0.2, 0.25) is 0 Å². The molecule has 0 spiro atoms. The maximum Gasteiger partial charge on any atom is 0.472 e. The standard InChI is InChI=1S/C52H106NO7P/c1-6-8-10-12-14-16-18-20-22-24-26-28-30-32-34-36-38-40-42-44-47-57-49-51(50-59-61(55,56)58-48-46-53(3,4)5)60-52(54)45-43-41-39-37-35-33-31-29-27-25-23-21-19-17-15-13-11-9-7-2/h51H,6-50H2,1-5H3/p+1. The third-order valence-electron chi connectivity index (χ3n) is 12.2. The molecule has 366 valence electrons. The van der Waals surface area contributed by atoms with Gasteiger partial charge in [-0.15, -0.1) is 0 Å². The molecule has 0 amide bonds. The van der Waals surface area contributed by atoms with E-state index in [1.807, 2.05) is 21.1 Å². The molecule has 0 aromatic heterocycles. The predicted octanol–water partition coefficient (Wildman–Crippen LogP) is 16.4. The van der Waals surface area contributed by atoms with Crippen LogP contribution in [0.15, 0.2) is 0 Å². The molecule has 0 radical (unpaired) electrons. The van der Waals surface area contributed by atoms with Crippen LogP contribution in [-0.4, -0.2) is 75.6 Å². The number of quaternary nitrogens is 1. The van der Waals surface area contributed by atoms with E-state index >= 15 is 0 Å². The van der Waals surface area contributed by atoms with E-state index in [9.17, 15) is 14.3 Å². The monoisotopic (exact) mass is 889 g/mol. The number of ether oxygens (including phenoxy) is 2. The molecule has 0 fully saturated rings. The smallest absolute Gasteiger partial charge is 0.457 e. The summed E-state index contributed by atoms with van der Waals surface area (Å²) in [5.41, 5.74) is 0. The van der Waals surface area contributed by atoms with E-state index in [4.69, 9.17) is 18.5 Å². The van der Waals surface area contributed by atoms with E-state index in [1.54, 1.807) is 0 Å². The highest BCUT2D eigenvalue weighted by molar-refractivity contribution is 7.47. The van der Waals surface area contributed by atoms with Crippen molar-refractivity contribution in [3.63, 3.8) is 0 Å². The zero-order valence-corrected chi connectivity index (χ0v) is 42.6. The van der Waals surface area contributed by atoms with Crippen LogP contribution in [0.25, 0.3) is 0 Å². The van der Waals surface area contributed by atoms with Gasteiger partial charge in [0.2, 0.25) is 0 Å². The number of nitrogens with zero attached hydrogens (tertiary/aromatic N) is 1. The lowest BCUT2D eigenvalue weighted by molar-refractivity contribution is -0.870. The third kappa shape index (κ3) is 50.4. The van der Waals surface area contributed by atoms with Crippen LogP contribution in [0.3, 0.4) is 0 Å². The molecule has 0 saturated carbocycles. The molecule has 0 aliphatic rings. The second kappa shape index (κ2) is 46.0. The molecule has 2 unspecified atom stereocenters. The number of likely N-dealkylation sites (N-methyl/N-ethyl adjacent to an activating group) is 1. The molecule has 0 aromatic rings. The Hall–Kier alpha value is -0.500. The Bertz CT molecular complexity index is 945. The van der Waals surface area contributed by atoms with Crippen molar-refractivity contribution < 1.29 is 37.3 Å². The first kappa shape index (κ1) is 60.5. The summed E-state index contributed by atoms with van der Waals surface area (Å²) in [4.78, 5) is 23.0. The van der Waals surface area contributed by atoms with E-state index in [2.05, 4.69) is 13.8 Å². The van der Waals surface area contributed by atoms with Crippen molar-refractivity contribution in [2.24, 2.45) is 0 Å². The minimum absolute atomic E-state index is 0.0943. The number of phosphoric acid groups is 1. The molecule has 0 aliphatic heterocycles. The molecular formula is C52H107NO7P+. The van der Waals surface area contributed by atoms with Crippen molar-refractivity contribution in [2.45, 2.75) is 277 Å². The lowest BCUT2D eigenvalue weighted by Gasteiger charge is -2.24. The van der Waals surface area contributed by atoms with Gasteiger partial charge in [-0.05, 0) is 12.8 Å². The van der Waals surface area contributed by atoms with E-state index in [-0.39, 0.29) is 25.8 Å². The fourth-order valence-corrected chi connectivity index (χ4v) is 8.77. The zero-order chi connectivity index (χ0) is 44.8. The summed E-state index contributed by atoms with van der Waals surface area (Å²) < 4.78 is 35.2. The van der Waals surface area contributed by atoms with E-state index in [1.165, 1.54) is 218 Å². The highest BCUT2D eigenvalue weighted by atomic mass is 31.2. The summed E-state index contributed by atoms with van der Waals surface area (Å²) >= 11 is 0. The summed E-state index contributed by atoms with van der Waals surface area (Å²) in [6, 6.07) is 0. The van der Waals surface area contributed by atoms with Gasteiger partial charge in [0.1, 0.15) is 19.3 Å². The Morgan fingerprint density at radius 1 is 0.443 bits per heavy atom. The van der Waals surface area contributed by atoms with Crippen LogP contribution >= 0.6 is 7.82 Å². The summed E-state index contributed by atoms with van der Waals surface area (Å²) in [6.45, 7) is 5.71. The molecule has 61 heavy (non-hydrogen) atoms. The van der Waals surface area contributed by atoms with Crippen molar-refractivity contribution >= 4 is 13.8 Å². The fourth-order valence-electron chi connectivity index (χ4n) is 8.03. The summed E-state index contributed by atoms with van der Waals surface area (Å²) in [5, 5.41) is 0. The molecule has 0 bridgehead atoms. The zero-order valence-electron chi connectivity index (χ0n) is 41.7. The first-order valence-electron chi connectivity index (χ1n) is 26.8. The molecule has 0 aromatic carbocycles. The van der Waals surface area contributed by atoms with Crippen LogP contribution in [-0.2, 0) is 27.9 Å². The van der Waals surface area contributed by atoms with Gasteiger partial charge < -0.3 is 18.9 Å². The van der Waals surface area contributed by atoms with Crippen molar-refractivity contribution in [3.05, 3.63) is 0 Å². The lowest BCUT2D eigenvalue weighted by atomic mass is 10.0. The molecule has 0 saturated heterocycles. The average Bonchev–Trinajstić information content (AvgIpc) is 3.22. The van der Waals surface area contributed by atoms with Crippen molar-refractivity contribution in [1.82, 2.24) is 0 Å². The van der Waals surface area contributed by atoms with E-state index in [0.29, 0.717) is 24.1 Å². The van der Waals surface area contributed by atoms with Gasteiger partial charge in [0.05, 0.1) is 34.4 Å². The Morgan fingerprint density at radius 2 is 0.754 bits per heavy atom. The van der Waals surface area contributed by atoms with E-state index in [0.717, 1.165) is 32.1 Å². The lowest BCUT2D eigenvalue weighted by Crippen LogP contribution is -2.37. The molecule has 2 atom stereocenters. The Morgan fingerprint density at radius 3 is 1.08 bits per heavy atom. The largest absolute Gasteiger partial charge is 0.472 e. The highest BCUT2D eigenvalue weighted by Gasteiger charge is 2.26. The predicted molar refractivity (Wildman–Crippen MR) is 261 cm³/mol. The molecule has 9 heteroatoms. The number of carbonyl (C=O) groups is 1. The number of esters is 1. The normalized spacial score (nSPS) is 13.5. The van der Waals surface area contributed by atoms with Crippen LogP contribution < -0.4 is 0 Å². The molecule has 0 rings (SSSR count). The Labute approximate surface area is 380 Å². The van der Waals surface area contributed by atoms with Crippen molar-refractivity contribution in [2.75, 3.05) is 54.1 Å². The summed E-state index contributed by atoms with van der Waals surface area (Å²) in [7, 11) is 1.69. The quantitative estimate of drug-likeness (QED) is 0.0281. The van der Waals surface area contributed by atoms with Gasteiger partial charge in [-0.3, -0.25) is 13.8 Å². The fraction of sp³-hybridized carbons (Fsp3) is 0.981. The minimum atomic E-state index is -4.27. The van der Waals surface area contributed by atoms with Crippen LogP contribution in [0.4, 0.5) is 0 Å². The Kier molecular flexibility index (Phi) is 45.7. The van der Waals surface area contributed by atoms with Crippen molar-refractivity contribution in [3.8, 4) is 0 Å². The van der Waals surface area contributed by atoms with E-state index < -0.39 is 13.9 Å². The van der Waals surface area contributed by atoms with Crippen LogP contribution in [0, 0.1) is 0 Å². The first-order valence-corrected chi connectivity index (χ1v) is 28.3. The molecule has 8 nitrogen and oxygen atoms in total. The van der Waals surface area contributed by atoms with Gasteiger partial charge in [-0.1, -0.05) is 251 Å². The number of hydrogen-bond donors (Lipinski definition) is 1. The average molecular weight is 889 g/mol. The SMILES string of the molecule is CCCCCCCCCCCCCCCCCCCCCCOCC(COP(=O)(O)OCC[N+](C)(C)C)OC(=O)CCCCCCCCCCCCCCCCCCCCC. The highest BCUT2D eigenvalue weighted by Crippen LogP contribution is 2.43. The second-order valence-electron chi connectivity index (χ2n) is 19.6.